The molecule has 148 valence electrons. The second-order valence-electron chi connectivity index (χ2n) is 6.61. The van der Waals surface area contributed by atoms with E-state index in [9.17, 15) is 4.79 Å². The molecule has 0 aliphatic carbocycles. The first-order valence-corrected chi connectivity index (χ1v) is 9.25. The Bertz CT molecular complexity index is 738. The van der Waals surface area contributed by atoms with Gasteiger partial charge in [-0.15, -0.1) is 0 Å². The lowest BCUT2D eigenvalue weighted by atomic mass is 10.1. The Labute approximate surface area is 158 Å². The summed E-state index contributed by atoms with van der Waals surface area (Å²) in [6.45, 7) is 7.57. The van der Waals surface area contributed by atoms with Crippen LogP contribution in [0.1, 0.15) is 36.2 Å². The van der Waals surface area contributed by atoms with Crippen LogP contribution in [0.4, 0.5) is 4.79 Å². The smallest absolute Gasteiger partial charge is 0.317 e. The zero-order valence-corrected chi connectivity index (χ0v) is 16.1. The lowest BCUT2D eigenvalue weighted by molar-refractivity contribution is 0.0119. The lowest BCUT2D eigenvalue weighted by Crippen LogP contribution is -2.46. The van der Waals surface area contributed by atoms with Gasteiger partial charge in [-0.3, -0.25) is 4.90 Å². The Morgan fingerprint density at radius 3 is 2.78 bits per heavy atom. The van der Waals surface area contributed by atoms with Crippen LogP contribution in [-0.4, -0.2) is 65.9 Å². The number of nitrogens with one attached hydrogen (secondary N) is 1. The number of morpholine rings is 1. The summed E-state index contributed by atoms with van der Waals surface area (Å²) in [5.74, 6) is 2.77. The zero-order chi connectivity index (χ0) is 19.2. The normalized spacial score (nSPS) is 16.3. The summed E-state index contributed by atoms with van der Waals surface area (Å²) in [5, 5.41) is 6.87. The third-order valence-corrected chi connectivity index (χ3v) is 4.56. The van der Waals surface area contributed by atoms with Crippen LogP contribution in [0, 0.1) is 6.92 Å². The minimum Gasteiger partial charge on any atom is -0.465 e. The van der Waals surface area contributed by atoms with E-state index in [0.29, 0.717) is 37.9 Å². The first-order valence-electron chi connectivity index (χ1n) is 9.25. The number of aromatic nitrogens is 2. The van der Waals surface area contributed by atoms with Gasteiger partial charge in [0.2, 0.25) is 5.89 Å². The van der Waals surface area contributed by atoms with E-state index < -0.39 is 0 Å². The average Bonchev–Trinajstić information content (AvgIpc) is 3.31. The van der Waals surface area contributed by atoms with Crippen LogP contribution >= 0.6 is 0 Å². The molecule has 27 heavy (non-hydrogen) atoms. The van der Waals surface area contributed by atoms with Crippen LogP contribution in [0.15, 0.2) is 21.1 Å². The molecule has 3 heterocycles. The molecular formula is C18H27N5O4. The van der Waals surface area contributed by atoms with Crippen molar-refractivity contribution in [1.82, 2.24) is 25.3 Å². The summed E-state index contributed by atoms with van der Waals surface area (Å²) < 4.78 is 16.3. The van der Waals surface area contributed by atoms with Crippen LogP contribution < -0.4 is 5.32 Å². The number of furan rings is 1. The molecule has 0 spiro atoms. The van der Waals surface area contributed by atoms with Crippen molar-refractivity contribution in [3.8, 4) is 0 Å². The SMILES string of the molecule is CCc1nc(CN(C)C(=O)NC[C@H](c2ccc(C)o2)N2CCOCC2)no1. The van der Waals surface area contributed by atoms with Gasteiger partial charge in [0.15, 0.2) is 5.82 Å². The minimum atomic E-state index is -0.195. The van der Waals surface area contributed by atoms with Crippen molar-refractivity contribution in [1.29, 1.82) is 0 Å². The van der Waals surface area contributed by atoms with Gasteiger partial charge in [-0.25, -0.2) is 4.79 Å². The number of rotatable bonds is 7. The fourth-order valence-electron chi connectivity index (χ4n) is 3.03. The van der Waals surface area contributed by atoms with Crippen molar-refractivity contribution in [2.45, 2.75) is 32.9 Å². The number of aryl methyl sites for hydroxylation is 2. The van der Waals surface area contributed by atoms with Crippen LogP contribution in [-0.2, 0) is 17.7 Å². The number of hydrogen-bond acceptors (Lipinski definition) is 7. The van der Waals surface area contributed by atoms with E-state index in [2.05, 4.69) is 20.4 Å². The van der Waals surface area contributed by atoms with Crippen molar-refractivity contribution in [2.24, 2.45) is 0 Å². The van der Waals surface area contributed by atoms with Gasteiger partial charge in [0.25, 0.3) is 0 Å². The van der Waals surface area contributed by atoms with Crippen LogP contribution in [0.5, 0.6) is 0 Å². The molecule has 1 saturated heterocycles. The van der Waals surface area contributed by atoms with Gasteiger partial charge >= 0.3 is 6.03 Å². The van der Waals surface area contributed by atoms with Gasteiger partial charge in [0.05, 0.1) is 25.8 Å². The Morgan fingerprint density at radius 2 is 2.15 bits per heavy atom. The molecule has 1 aliphatic rings. The van der Waals surface area contributed by atoms with E-state index >= 15 is 0 Å². The zero-order valence-electron chi connectivity index (χ0n) is 16.1. The molecule has 2 aromatic heterocycles. The van der Waals surface area contributed by atoms with Crippen molar-refractivity contribution in [3.05, 3.63) is 35.4 Å². The molecule has 1 N–H and O–H groups in total. The quantitative estimate of drug-likeness (QED) is 0.785. The number of carbonyl (C=O) groups is 1. The third kappa shape index (κ3) is 5.08. The van der Waals surface area contributed by atoms with Gasteiger partial charge in [0, 0.05) is 33.1 Å². The van der Waals surface area contributed by atoms with E-state index in [4.69, 9.17) is 13.7 Å². The van der Waals surface area contributed by atoms with Gasteiger partial charge in [0.1, 0.15) is 11.5 Å². The maximum Gasteiger partial charge on any atom is 0.317 e. The van der Waals surface area contributed by atoms with Crippen LogP contribution in [0.2, 0.25) is 0 Å². The van der Waals surface area contributed by atoms with Crippen molar-refractivity contribution in [2.75, 3.05) is 39.9 Å². The number of urea groups is 1. The molecule has 2 aromatic rings. The van der Waals surface area contributed by atoms with Crippen molar-refractivity contribution >= 4 is 6.03 Å². The third-order valence-electron chi connectivity index (χ3n) is 4.56. The van der Waals surface area contributed by atoms with Crippen LogP contribution in [0.3, 0.4) is 0 Å². The molecule has 1 atom stereocenters. The first-order chi connectivity index (χ1) is 13.1. The van der Waals surface area contributed by atoms with E-state index in [1.807, 2.05) is 26.0 Å². The monoisotopic (exact) mass is 377 g/mol. The van der Waals surface area contributed by atoms with Crippen molar-refractivity contribution < 1.29 is 18.5 Å². The first kappa shape index (κ1) is 19.4. The van der Waals surface area contributed by atoms with Crippen LogP contribution in [0.25, 0.3) is 0 Å². The topological polar surface area (TPSA) is 96.9 Å². The highest BCUT2D eigenvalue weighted by Crippen LogP contribution is 2.23. The standard InChI is InChI=1S/C18H27N5O4/c1-4-17-20-16(21-27-17)12-22(3)18(24)19-11-14(15-6-5-13(2)26-15)23-7-9-25-10-8-23/h5-6,14H,4,7-12H2,1-3H3,(H,19,24)/t14-/m1/s1. The molecular weight excluding hydrogens is 350 g/mol. The maximum atomic E-state index is 12.5. The summed E-state index contributed by atoms with van der Waals surface area (Å²) in [4.78, 5) is 20.5. The fraction of sp³-hybridized carbons (Fsp3) is 0.611. The Kier molecular flexibility index (Phi) is 6.46. The largest absolute Gasteiger partial charge is 0.465 e. The highest BCUT2D eigenvalue weighted by molar-refractivity contribution is 5.73. The number of amides is 2. The molecule has 2 amide bonds. The number of nitrogens with zero attached hydrogens (tertiary/aromatic N) is 4. The maximum absolute atomic E-state index is 12.5. The highest BCUT2D eigenvalue weighted by Gasteiger charge is 2.26. The molecule has 9 heteroatoms. The van der Waals surface area contributed by atoms with E-state index in [1.54, 1.807) is 7.05 Å². The Morgan fingerprint density at radius 1 is 1.37 bits per heavy atom. The van der Waals surface area contributed by atoms with Gasteiger partial charge in [-0.2, -0.15) is 4.98 Å². The molecule has 9 nitrogen and oxygen atoms in total. The number of ether oxygens (including phenoxy) is 1. The average molecular weight is 377 g/mol. The summed E-state index contributed by atoms with van der Waals surface area (Å²) in [5.41, 5.74) is 0. The number of carbonyl (C=O) groups excluding carboxylic acids is 1. The second-order valence-corrected chi connectivity index (χ2v) is 6.61. The minimum absolute atomic E-state index is 0.0307. The Balaban J connectivity index is 1.59. The van der Waals surface area contributed by atoms with E-state index in [0.717, 1.165) is 24.6 Å². The second kappa shape index (κ2) is 9.01. The molecule has 0 saturated carbocycles. The van der Waals surface area contributed by atoms with Gasteiger partial charge in [-0.05, 0) is 19.1 Å². The van der Waals surface area contributed by atoms with E-state index in [-0.39, 0.29) is 18.6 Å². The predicted octanol–water partition coefficient (Wildman–Crippen LogP) is 1.75. The molecule has 0 bridgehead atoms. The van der Waals surface area contributed by atoms with E-state index in [1.165, 1.54) is 4.90 Å². The lowest BCUT2D eigenvalue weighted by Gasteiger charge is -2.33. The Hall–Kier alpha value is -2.39. The van der Waals surface area contributed by atoms with Gasteiger partial charge in [-0.1, -0.05) is 12.1 Å². The molecule has 0 radical (unpaired) electrons. The summed E-state index contributed by atoms with van der Waals surface area (Å²) in [6.07, 6.45) is 0.673. The molecule has 3 rings (SSSR count). The molecule has 0 aromatic carbocycles. The molecule has 1 aliphatic heterocycles. The van der Waals surface area contributed by atoms with Crippen molar-refractivity contribution in [3.63, 3.8) is 0 Å². The number of hydrogen-bond donors (Lipinski definition) is 1. The predicted molar refractivity (Wildman–Crippen MR) is 97.1 cm³/mol. The fourth-order valence-corrected chi connectivity index (χ4v) is 3.03. The summed E-state index contributed by atoms with van der Waals surface area (Å²) >= 11 is 0. The summed E-state index contributed by atoms with van der Waals surface area (Å²) in [6, 6.07) is 3.69. The van der Waals surface area contributed by atoms with Gasteiger partial charge < -0.3 is 23.9 Å². The summed E-state index contributed by atoms with van der Waals surface area (Å²) in [7, 11) is 1.71. The molecule has 0 unspecified atom stereocenters. The highest BCUT2D eigenvalue weighted by atomic mass is 16.5. The molecule has 1 fully saturated rings.